The maximum absolute atomic E-state index is 14.8. The van der Waals surface area contributed by atoms with E-state index in [4.69, 9.17) is 5.73 Å². The van der Waals surface area contributed by atoms with Crippen LogP contribution in [0.2, 0.25) is 0 Å². The molecule has 0 saturated carbocycles. The zero-order valence-corrected chi connectivity index (χ0v) is 17.5. The highest BCUT2D eigenvalue weighted by Crippen LogP contribution is 2.47. The van der Waals surface area contributed by atoms with Gasteiger partial charge in [0, 0.05) is 31.4 Å². The number of thiophene rings is 1. The molecule has 2 aromatic heterocycles. The summed E-state index contributed by atoms with van der Waals surface area (Å²) >= 11 is 2.82. The third-order valence-electron chi connectivity index (χ3n) is 3.75. The topological polar surface area (TPSA) is 78.8 Å². The van der Waals surface area contributed by atoms with Gasteiger partial charge in [-0.25, -0.2) is 14.4 Å². The van der Waals surface area contributed by atoms with Crippen molar-refractivity contribution in [2.24, 2.45) is 0 Å². The maximum Gasteiger partial charge on any atom is 0.187 e. The number of nitrogens with zero attached hydrogens (tertiary/aromatic N) is 4. The van der Waals surface area contributed by atoms with Crippen LogP contribution in [0.5, 0.6) is 0 Å². The molecule has 5 nitrogen and oxygen atoms in total. The molecule has 28 heavy (non-hydrogen) atoms. The van der Waals surface area contributed by atoms with E-state index in [0.717, 1.165) is 5.00 Å². The van der Waals surface area contributed by atoms with Crippen molar-refractivity contribution in [1.29, 1.82) is 5.26 Å². The second-order valence-corrected chi connectivity index (χ2v) is 7.40. The Morgan fingerprint density at radius 2 is 2.00 bits per heavy atom. The SMILES string of the molecule is C=C.CSc1nccc(-c2sc(N(C)C)c(C#N)c2-c2cccc(N)c2F)n1. The van der Waals surface area contributed by atoms with Gasteiger partial charge in [-0.2, -0.15) is 5.26 Å². The highest BCUT2D eigenvalue weighted by molar-refractivity contribution is 7.98. The molecule has 0 bridgehead atoms. The summed E-state index contributed by atoms with van der Waals surface area (Å²) in [6, 6.07) is 8.80. The summed E-state index contributed by atoms with van der Waals surface area (Å²) in [6.45, 7) is 6.00. The molecule has 0 unspecified atom stereocenters. The molecule has 0 radical (unpaired) electrons. The van der Waals surface area contributed by atoms with Gasteiger partial charge in [-0.05, 0) is 18.4 Å². The minimum absolute atomic E-state index is 0.0439. The number of nitrogen functional groups attached to an aromatic ring is 1. The van der Waals surface area contributed by atoms with Gasteiger partial charge >= 0.3 is 0 Å². The van der Waals surface area contributed by atoms with Gasteiger partial charge in [-0.15, -0.1) is 24.5 Å². The molecule has 0 aliphatic heterocycles. The monoisotopic (exact) mass is 413 g/mol. The lowest BCUT2D eigenvalue weighted by molar-refractivity contribution is 0.636. The smallest absolute Gasteiger partial charge is 0.187 e. The molecule has 3 aromatic rings. The van der Waals surface area contributed by atoms with Gasteiger partial charge in [0.15, 0.2) is 11.0 Å². The fourth-order valence-electron chi connectivity index (χ4n) is 2.58. The van der Waals surface area contributed by atoms with E-state index in [0.29, 0.717) is 32.4 Å². The van der Waals surface area contributed by atoms with Crippen LogP contribution in [0.1, 0.15) is 5.56 Å². The summed E-state index contributed by atoms with van der Waals surface area (Å²) in [4.78, 5) is 11.3. The van der Waals surface area contributed by atoms with E-state index >= 15 is 0 Å². The van der Waals surface area contributed by atoms with Crippen LogP contribution >= 0.6 is 23.1 Å². The summed E-state index contributed by atoms with van der Waals surface area (Å²) in [5.74, 6) is -0.535. The Labute approximate surface area is 172 Å². The first-order chi connectivity index (χ1) is 13.5. The van der Waals surface area contributed by atoms with E-state index in [1.54, 1.807) is 24.4 Å². The summed E-state index contributed by atoms with van der Waals surface area (Å²) in [7, 11) is 3.70. The quantitative estimate of drug-likeness (QED) is 0.279. The zero-order chi connectivity index (χ0) is 20.8. The van der Waals surface area contributed by atoms with E-state index in [1.807, 2.05) is 25.3 Å². The summed E-state index contributed by atoms with van der Waals surface area (Å²) in [6.07, 6.45) is 3.55. The van der Waals surface area contributed by atoms with Crippen molar-refractivity contribution >= 4 is 33.8 Å². The van der Waals surface area contributed by atoms with Crippen molar-refractivity contribution in [2.45, 2.75) is 5.16 Å². The molecule has 1 aromatic carbocycles. The fraction of sp³-hybridized carbons (Fsp3) is 0.150. The van der Waals surface area contributed by atoms with Gasteiger partial charge in [-0.1, -0.05) is 23.9 Å². The van der Waals surface area contributed by atoms with E-state index in [1.165, 1.54) is 29.2 Å². The van der Waals surface area contributed by atoms with Gasteiger partial charge < -0.3 is 10.6 Å². The Morgan fingerprint density at radius 3 is 2.61 bits per heavy atom. The van der Waals surface area contributed by atoms with Gasteiger partial charge in [0.25, 0.3) is 0 Å². The Bertz CT molecular complexity index is 1020. The minimum Gasteiger partial charge on any atom is -0.396 e. The number of nitrogens with two attached hydrogens (primary N) is 1. The number of thioether (sulfide) groups is 1. The average molecular weight is 414 g/mol. The third-order valence-corrected chi connectivity index (χ3v) is 5.70. The lowest BCUT2D eigenvalue weighted by Gasteiger charge is -2.10. The van der Waals surface area contributed by atoms with E-state index < -0.39 is 5.82 Å². The van der Waals surface area contributed by atoms with Crippen LogP contribution in [0.25, 0.3) is 21.7 Å². The van der Waals surface area contributed by atoms with Crippen molar-refractivity contribution in [3.63, 3.8) is 0 Å². The Balaban J connectivity index is 0.00000136. The Hall–Kier alpha value is -2.89. The molecule has 0 saturated heterocycles. The molecule has 0 fully saturated rings. The van der Waals surface area contributed by atoms with Crippen LogP contribution in [0, 0.1) is 17.1 Å². The molecule has 3 rings (SSSR count). The Kier molecular flexibility index (Phi) is 7.15. The van der Waals surface area contributed by atoms with Crippen LogP contribution in [0.15, 0.2) is 48.8 Å². The van der Waals surface area contributed by atoms with Crippen LogP contribution < -0.4 is 10.6 Å². The molecule has 0 atom stereocenters. The molecule has 0 aliphatic carbocycles. The van der Waals surface area contributed by atoms with Gasteiger partial charge in [0.05, 0.1) is 21.8 Å². The standard InChI is InChI=1S/C18H16FN5S2.C2H4/c1-24(2)17-11(9-20)14(10-5-4-6-12(21)15(10)19)16(26-17)13-7-8-22-18(23-13)25-3;1-2/h4-8H,21H2,1-3H3;1-2H2. The van der Waals surface area contributed by atoms with Crippen LogP contribution in [0.3, 0.4) is 0 Å². The minimum atomic E-state index is -0.535. The average Bonchev–Trinajstić information content (AvgIpc) is 3.11. The number of nitriles is 1. The first kappa shape index (κ1) is 21.4. The lowest BCUT2D eigenvalue weighted by atomic mass is 9.99. The van der Waals surface area contributed by atoms with Crippen molar-refractivity contribution in [1.82, 2.24) is 9.97 Å². The highest BCUT2D eigenvalue weighted by Gasteiger charge is 2.25. The maximum atomic E-state index is 14.8. The molecule has 2 heterocycles. The van der Waals surface area contributed by atoms with Crippen molar-refractivity contribution in [3.05, 3.63) is 55.0 Å². The first-order valence-corrected chi connectivity index (χ1v) is 10.2. The van der Waals surface area contributed by atoms with Crippen LogP contribution in [0.4, 0.5) is 15.1 Å². The van der Waals surface area contributed by atoms with Crippen molar-refractivity contribution in [3.8, 4) is 27.8 Å². The molecular formula is C20H20FN5S2. The summed E-state index contributed by atoms with van der Waals surface area (Å²) < 4.78 is 14.8. The molecule has 144 valence electrons. The van der Waals surface area contributed by atoms with Crippen molar-refractivity contribution in [2.75, 3.05) is 31.0 Å². The number of rotatable bonds is 4. The Morgan fingerprint density at radius 1 is 1.29 bits per heavy atom. The molecular weight excluding hydrogens is 393 g/mol. The van der Waals surface area contributed by atoms with E-state index in [2.05, 4.69) is 29.2 Å². The first-order valence-electron chi connectivity index (χ1n) is 8.13. The fourth-order valence-corrected chi connectivity index (χ4v) is 4.10. The van der Waals surface area contributed by atoms with Gasteiger partial charge in [0.2, 0.25) is 0 Å². The van der Waals surface area contributed by atoms with Crippen LogP contribution in [-0.2, 0) is 0 Å². The highest BCUT2D eigenvalue weighted by atomic mass is 32.2. The predicted molar refractivity (Wildman–Crippen MR) is 117 cm³/mol. The second-order valence-electron chi connectivity index (χ2n) is 5.63. The number of hydrogen-bond donors (Lipinski definition) is 1. The number of halogens is 1. The van der Waals surface area contributed by atoms with E-state index in [9.17, 15) is 9.65 Å². The molecule has 0 amide bonds. The lowest BCUT2D eigenvalue weighted by Crippen LogP contribution is -2.08. The summed E-state index contributed by atoms with van der Waals surface area (Å²) in [5, 5.41) is 11.1. The molecule has 0 aliphatic rings. The summed E-state index contributed by atoms with van der Waals surface area (Å²) in [5.41, 5.74) is 7.66. The molecule has 8 heteroatoms. The third kappa shape index (κ3) is 4.01. The second kappa shape index (κ2) is 9.35. The van der Waals surface area contributed by atoms with Gasteiger partial charge in [-0.3, -0.25) is 0 Å². The number of anilines is 2. The van der Waals surface area contributed by atoms with Gasteiger partial charge in [0.1, 0.15) is 11.1 Å². The zero-order valence-electron chi connectivity index (χ0n) is 15.9. The van der Waals surface area contributed by atoms with E-state index in [-0.39, 0.29) is 5.69 Å². The number of aromatic nitrogens is 2. The normalized spacial score (nSPS) is 9.96. The number of benzene rings is 1. The molecule has 0 spiro atoms. The van der Waals surface area contributed by atoms with Crippen molar-refractivity contribution < 1.29 is 4.39 Å². The van der Waals surface area contributed by atoms with Crippen LogP contribution in [-0.4, -0.2) is 30.3 Å². The largest absolute Gasteiger partial charge is 0.396 e. The molecule has 2 N–H and O–H groups in total. The predicted octanol–water partition coefficient (Wildman–Crippen LogP) is 5.06. The number of hydrogen-bond acceptors (Lipinski definition) is 7.